The molecule has 11 heteroatoms. The number of primary amides is 1. The quantitative estimate of drug-likeness (QED) is 0.338. The molecule has 39 heavy (non-hydrogen) atoms. The molecular formula is C28H38N4O7. The first-order chi connectivity index (χ1) is 18.2. The number of nitrogens with one attached hydrogen (secondary N) is 2. The molecule has 0 saturated heterocycles. The number of methoxy groups -OCH3 is 1. The maximum atomic E-state index is 13.9. The molecule has 0 aromatic heterocycles. The highest BCUT2D eigenvalue weighted by Crippen LogP contribution is 2.29. The molecule has 212 valence electrons. The van der Waals surface area contributed by atoms with Crippen molar-refractivity contribution >= 4 is 29.5 Å². The lowest BCUT2D eigenvalue weighted by atomic mass is 9.99. The Bertz CT molecular complexity index is 1180. The molecule has 0 bridgehead atoms. The Morgan fingerprint density at radius 3 is 2.23 bits per heavy atom. The van der Waals surface area contributed by atoms with Crippen molar-refractivity contribution in [3.8, 4) is 11.5 Å². The van der Waals surface area contributed by atoms with Crippen molar-refractivity contribution in [3.05, 3.63) is 53.6 Å². The van der Waals surface area contributed by atoms with Gasteiger partial charge in [-0.25, -0.2) is 4.79 Å². The summed E-state index contributed by atoms with van der Waals surface area (Å²) < 4.78 is 10.4. The van der Waals surface area contributed by atoms with Crippen LogP contribution in [-0.2, 0) is 19.1 Å². The van der Waals surface area contributed by atoms with Crippen molar-refractivity contribution in [2.24, 2.45) is 5.73 Å². The zero-order valence-corrected chi connectivity index (χ0v) is 23.2. The van der Waals surface area contributed by atoms with E-state index in [1.807, 2.05) is 6.92 Å². The summed E-state index contributed by atoms with van der Waals surface area (Å²) in [5.41, 5.74) is 5.94. The molecule has 5 N–H and O–H groups in total. The van der Waals surface area contributed by atoms with Crippen molar-refractivity contribution in [1.82, 2.24) is 10.2 Å². The Morgan fingerprint density at radius 2 is 1.72 bits per heavy atom. The molecule has 0 spiro atoms. The number of hydrogen-bond acceptors (Lipinski definition) is 7. The predicted molar refractivity (Wildman–Crippen MR) is 146 cm³/mol. The van der Waals surface area contributed by atoms with Crippen LogP contribution in [0.25, 0.3) is 0 Å². The maximum absolute atomic E-state index is 13.9. The fourth-order valence-electron chi connectivity index (χ4n) is 3.87. The Hall–Kier alpha value is -4.28. The number of carbonyl (C=O) groups excluding carboxylic acids is 4. The molecule has 0 saturated carbocycles. The zero-order valence-electron chi connectivity index (χ0n) is 23.2. The van der Waals surface area contributed by atoms with Crippen LogP contribution in [-0.4, -0.2) is 59.1 Å². The average Bonchev–Trinajstić information content (AvgIpc) is 2.84. The van der Waals surface area contributed by atoms with Crippen LogP contribution in [0.15, 0.2) is 42.5 Å². The number of aromatic hydroxyl groups is 1. The number of anilines is 1. The summed E-state index contributed by atoms with van der Waals surface area (Å²) in [4.78, 5) is 53.3. The minimum atomic E-state index is -1.38. The third-order valence-corrected chi connectivity index (χ3v) is 5.60. The first kappa shape index (κ1) is 30.9. The molecule has 4 amide bonds. The third kappa shape index (κ3) is 9.20. The molecule has 0 aliphatic carbocycles. The maximum Gasteiger partial charge on any atom is 0.408 e. The second-order valence-corrected chi connectivity index (χ2v) is 10.1. The van der Waals surface area contributed by atoms with E-state index in [1.54, 1.807) is 64.1 Å². The molecule has 0 heterocycles. The van der Waals surface area contributed by atoms with E-state index in [0.717, 1.165) is 0 Å². The number of nitrogens with two attached hydrogens (primary N) is 1. The summed E-state index contributed by atoms with van der Waals surface area (Å²) in [6.07, 6.45) is -0.942. The van der Waals surface area contributed by atoms with Gasteiger partial charge in [0.1, 0.15) is 29.2 Å². The lowest BCUT2D eigenvalue weighted by Crippen LogP contribution is -2.53. The third-order valence-electron chi connectivity index (χ3n) is 5.60. The highest BCUT2D eigenvalue weighted by atomic mass is 16.6. The number of phenols is 1. The van der Waals surface area contributed by atoms with Crippen molar-refractivity contribution in [2.75, 3.05) is 19.0 Å². The number of ether oxygens (including phenoxy) is 2. The van der Waals surface area contributed by atoms with Crippen molar-refractivity contribution < 1.29 is 33.8 Å². The largest absolute Gasteiger partial charge is 0.508 e. The Kier molecular flexibility index (Phi) is 10.7. The lowest BCUT2D eigenvalue weighted by molar-refractivity contribution is -0.141. The molecule has 2 aromatic rings. The van der Waals surface area contributed by atoms with E-state index in [9.17, 15) is 24.3 Å². The molecule has 0 fully saturated rings. The van der Waals surface area contributed by atoms with Crippen LogP contribution in [0, 0.1) is 6.92 Å². The van der Waals surface area contributed by atoms with Gasteiger partial charge in [-0.1, -0.05) is 13.0 Å². The Balaban J connectivity index is 2.52. The summed E-state index contributed by atoms with van der Waals surface area (Å²) in [5, 5.41) is 15.3. The highest BCUT2D eigenvalue weighted by molar-refractivity contribution is 5.99. The molecule has 0 aliphatic heterocycles. The molecule has 0 radical (unpaired) electrons. The van der Waals surface area contributed by atoms with E-state index >= 15 is 0 Å². The summed E-state index contributed by atoms with van der Waals surface area (Å²) in [6.45, 7) is 8.59. The van der Waals surface area contributed by atoms with Crippen LogP contribution in [0.5, 0.6) is 11.5 Å². The van der Waals surface area contributed by atoms with Gasteiger partial charge in [-0.15, -0.1) is 0 Å². The van der Waals surface area contributed by atoms with E-state index in [2.05, 4.69) is 10.6 Å². The molecule has 2 rings (SSSR count). The van der Waals surface area contributed by atoms with Gasteiger partial charge in [-0.2, -0.15) is 0 Å². The van der Waals surface area contributed by atoms with Gasteiger partial charge in [0, 0.05) is 12.2 Å². The number of nitrogens with zero attached hydrogens (tertiary/aromatic N) is 1. The monoisotopic (exact) mass is 542 g/mol. The second-order valence-electron chi connectivity index (χ2n) is 10.1. The number of rotatable bonds is 11. The Labute approximate surface area is 228 Å². The SMILES string of the molecule is CCCN(C(=O)C(CC(N)=O)NC(=O)OC(C)(C)C)C(C(=O)Nc1ccc(OC)cc1)c1ccc(O)c(C)c1. The van der Waals surface area contributed by atoms with E-state index in [4.69, 9.17) is 15.2 Å². The summed E-state index contributed by atoms with van der Waals surface area (Å²) >= 11 is 0. The van der Waals surface area contributed by atoms with Gasteiger partial charge in [-0.05, 0) is 81.6 Å². The predicted octanol–water partition coefficient (Wildman–Crippen LogP) is 3.40. The molecule has 2 unspecified atom stereocenters. The van der Waals surface area contributed by atoms with Crippen LogP contribution in [0.2, 0.25) is 0 Å². The first-order valence-corrected chi connectivity index (χ1v) is 12.6. The minimum Gasteiger partial charge on any atom is -0.508 e. The van der Waals surface area contributed by atoms with Gasteiger partial charge in [0.05, 0.1) is 13.5 Å². The van der Waals surface area contributed by atoms with Gasteiger partial charge in [0.15, 0.2) is 0 Å². The second kappa shape index (κ2) is 13.5. The van der Waals surface area contributed by atoms with Crippen LogP contribution in [0.3, 0.4) is 0 Å². The number of aryl methyl sites for hydroxylation is 1. The van der Waals surface area contributed by atoms with Gasteiger partial charge in [-0.3, -0.25) is 14.4 Å². The highest BCUT2D eigenvalue weighted by Gasteiger charge is 2.37. The molecular weight excluding hydrogens is 504 g/mol. The van der Waals surface area contributed by atoms with E-state index < -0.39 is 47.9 Å². The van der Waals surface area contributed by atoms with Crippen LogP contribution >= 0.6 is 0 Å². The van der Waals surface area contributed by atoms with Gasteiger partial charge in [0.25, 0.3) is 5.91 Å². The number of phenolic OH excluding ortho intramolecular Hbond substituents is 1. The first-order valence-electron chi connectivity index (χ1n) is 12.6. The number of amides is 4. The fourth-order valence-corrected chi connectivity index (χ4v) is 3.87. The topological polar surface area (TPSA) is 160 Å². The number of hydrogen-bond donors (Lipinski definition) is 4. The van der Waals surface area contributed by atoms with E-state index in [1.165, 1.54) is 18.1 Å². The van der Waals surface area contributed by atoms with Crippen molar-refractivity contribution in [3.63, 3.8) is 0 Å². The average molecular weight is 543 g/mol. The van der Waals surface area contributed by atoms with Crippen molar-refractivity contribution in [2.45, 2.75) is 65.1 Å². The molecule has 0 aliphatic rings. The normalized spacial score (nSPS) is 12.6. The van der Waals surface area contributed by atoms with Gasteiger partial charge < -0.3 is 35.8 Å². The number of benzene rings is 2. The molecule has 2 aromatic carbocycles. The standard InChI is InChI=1S/C28H38N4O7/c1-7-14-32(26(36)21(16-23(29)34)31-27(37)39-28(3,4)5)24(18-8-13-22(33)17(2)15-18)25(35)30-19-9-11-20(38-6)12-10-19/h8-13,15,21,24,33H,7,14,16H2,1-6H3,(H2,29,34)(H,30,35)(H,31,37). The number of carbonyl (C=O) groups is 4. The van der Waals surface area contributed by atoms with E-state index in [0.29, 0.717) is 29.0 Å². The summed E-state index contributed by atoms with van der Waals surface area (Å²) in [6, 6.07) is 8.70. The van der Waals surface area contributed by atoms with Gasteiger partial charge >= 0.3 is 6.09 Å². The van der Waals surface area contributed by atoms with Crippen molar-refractivity contribution in [1.29, 1.82) is 0 Å². The van der Waals surface area contributed by atoms with E-state index in [-0.39, 0.29) is 12.3 Å². The summed E-state index contributed by atoms with van der Waals surface area (Å²) in [5.74, 6) is -1.42. The molecule has 2 atom stereocenters. The zero-order chi connectivity index (χ0) is 29.3. The minimum absolute atomic E-state index is 0.0274. The summed E-state index contributed by atoms with van der Waals surface area (Å²) in [7, 11) is 1.53. The van der Waals surface area contributed by atoms with Crippen LogP contribution in [0.1, 0.15) is 57.7 Å². The smallest absolute Gasteiger partial charge is 0.408 e. The molecule has 11 nitrogen and oxygen atoms in total. The van der Waals surface area contributed by atoms with Gasteiger partial charge in [0.2, 0.25) is 11.8 Å². The van der Waals surface area contributed by atoms with Crippen LogP contribution < -0.4 is 21.1 Å². The number of alkyl carbamates (subject to hydrolysis) is 1. The lowest BCUT2D eigenvalue weighted by Gasteiger charge is -2.34. The Morgan fingerprint density at radius 1 is 1.08 bits per heavy atom. The van der Waals surface area contributed by atoms with Crippen LogP contribution in [0.4, 0.5) is 10.5 Å². The fraction of sp³-hybridized carbons (Fsp3) is 0.429.